The van der Waals surface area contributed by atoms with Gasteiger partial charge in [-0.1, -0.05) is 35.9 Å². The molecule has 0 fully saturated rings. The molecule has 3 aromatic rings. The van der Waals surface area contributed by atoms with Gasteiger partial charge in [0.1, 0.15) is 0 Å². The number of fused-ring (bicyclic) bond motifs is 3. The van der Waals surface area contributed by atoms with Gasteiger partial charge in [0.2, 0.25) is 10.0 Å². The van der Waals surface area contributed by atoms with Crippen LogP contribution in [0.15, 0.2) is 47.4 Å². The highest BCUT2D eigenvalue weighted by Crippen LogP contribution is 2.32. The Morgan fingerprint density at radius 1 is 1.12 bits per heavy atom. The van der Waals surface area contributed by atoms with E-state index in [9.17, 15) is 8.42 Å². The molecule has 4 rings (SSSR count). The molecule has 1 N–H and O–H groups in total. The minimum atomic E-state index is -3.50. The van der Waals surface area contributed by atoms with Gasteiger partial charge in [-0.15, -0.1) is 0 Å². The van der Waals surface area contributed by atoms with Crippen LogP contribution in [0.2, 0.25) is 0 Å². The Morgan fingerprint density at radius 2 is 1.88 bits per heavy atom. The maximum Gasteiger partial charge on any atom is 0.243 e. The molecule has 1 aliphatic rings. The molecule has 2 aromatic carbocycles. The first-order valence-electron chi connectivity index (χ1n) is 9.01. The van der Waals surface area contributed by atoms with Crippen LogP contribution in [0.3, 0.4) is 0 Å². The molecule has 1 heterocycles. The summed E-state index contributed by atoms with van der Waals surface area (Å²) in [6.07, 6.45) is 2.46. The number of nitrogens with one attached hydrogen (secondary N) is 1. The molecule has 0 spiro atoms. The van der Waals surface area contributed by atoms with Crippen LogP contribution in [-0.4, -0.2) is 30.8 Å². The molecule has 0 saturated carbocycles. The molecule has 5 heteroatoms. The molecule has 0 saturated heterocycles. The number of hydrogen-bond donors (Lipinski definition) is 1. The molecule has 0 aliphatic heterocycles. The van der Waals surface area contributed by atoms with Gasteiger partial charge in [-0.25, -0.2) is 8.42 Å². The number of aromatic amines is 1. The molecule has 26 heavy (non-hydrogen) atoms. The summed E-state index contributed by atoms with van der Waals surface area (Å²) in [5, 5.41) is 1.21. The number of aromatic nitrogens is 1. The number of hydrogen-bond acceptors (Lipinski definition) is 2. The van der Waals surface area contributed by atoms with Crippen LogP contribution < -0.4 is 0 Å². The summed E-state index contributed by atoms with van der Waals surface area (Å²) in [4.78, 5) is 3.91. The van der Waals surface area contributed by atoms with E-state index in [2.05, 4.69) is 17.1 Å². The summed E-state index contributed by atoms with van der Waals surface area (Å²) in [7, 11) is -1.78. The molecule has 1 aromatic heterocycles. The topological polar surface area (TPSA) is 53.2 Å². The van der Waals surface area contributed by atoms with Crippen molar-refractivity contribution in [3.05, 3.63) is 64.8 Å². The van der Waals surface area contributed by atoms with Crippen molar-refractivity contribution in [3.8, 4) is 0 Å². The number of likely N-dealkylation sites (N-methyl/N-ethyl adjacent to an activating group) is 1. The number of aryl methyl sites for hydroxylation is 3. The molecule has 1 atom stereocenters. The fourth-order valence-corrected chi connectivity index (χ4v) is 5.69. The van der Waals surface area contributed by atoms with Crippen molar-refractivity contribution in [1.29, 1.82) is 0 Å². The predicted molar refractivity (Wildman–Crippen MR) is 105 cm³/mol. The number of H-pyrrole nitrogens is 1. The summed E-state index contributed by atoms with van der Waals surface area (Å²) in [6.45, 7) is 3.85. The number of sulfonamides is 1. The van der Waals surface area contributed by atoms with E-state index < -0.39 is 10.0 Å². The predicted octanol–water partition coefficient (Wildman–Crippen LogP) is 3.96. The maximum atomic E-state index is 13.2. The highest BCUT2D eigenvalue weighted by atomic mass is 32.2. The molecule has 0 bridgehead atoms. The quantitative estimate of drug-likeness (QED) is 0.761. The zero-order valence-corrected chi connectivity index (χ0v) is 16.2. The molecule has 0 radical (unpaired) electrons. The zero-order valence-electron chi connectivity index (χ0n) is 15.4. The molecular formula is C21H24N2O2S. The van der Waals surface area contributed by atoms with Crippen molar-refractivity contribution >= 4 is 20.9 Å². The Balaban J connectivity index is 1.67. The van der Waals surface area contributed by atoms with E-state index in [-0.39, 0.29) is 6.04 Å². The summed E-state index contributed by atoms with van der Waals surface area (Å²) >= 11 is 0. The number of rotatable bonds is 3. The Kier molecular flexibility index (Phi) is 4.16. The third-order valence-corrected chi connectivity index (χ3v) is 7.64. The first-order valence-corrected chi connectivity index (χ1v) is 10.5. The minimum Gasteiger partial charge on any atom is -0.358 e. The van der Waals surface area contributed by atoms with E-state index in [1.807, 2.05) is 38.1 Å². The lowest BCUT2D eigenvalue weighted by molar-refractivity contribution is 0.335. The van der Waals surface area contributed by atoms with Crippen molar-refractivity contribution in [1.82, 2.24) is 9.29 Å². The normalized spacial score (nSPS) is 17.6. The second-order valence-corrected chi connectivity index (χ2v) is 9.28. The molecule has 136 valence electrons. The minimum absolute atomic E-state index is 0.0209. The van der Waals surface area contributed by atoms with Crippen LogP contribution in [0.25, 0.3) is 10.9 Å². The van der Waals surface area contributed by atoms with E-state index in [4.69, 9.17) is 0 Å². The van der Waals surface area contributed by atoms with Crippen molar-refractivity contribution < 1.29 is 8.42 Å². The number of benzene rings is 2. The third-order valence-electron chi connectivity index (χ3n) is 5.57. The van der Waals surface area contributed by atoms with Crippen LogP contribution in [0, 0.1) is 13.8 Å². The van der Waals surface area contributed by atoms with Gasteiger partial charge in [0.15, 0.2) is 0 Å². The van der Waals surface area contributed by atoms with Crippen LogP contribution >= 0.6 is 0 Å². The highest BCUT2D eigenvalue weighted by molar-refractivity contribution is 7.89. The van der Waals surface area contributed by atoms with Gasteiger partial charge in [0, 0.05) is 29.7 Å². The van der Waals surface area contributed by atoms with E-state index in [0.29, 0.717) is 4.90 Å². The average Bonchev–Trinajstić information content (AvgIpc) is 2.98. The summed E-state index contributed by atoms with van der Waals surface area (Å²) < 4.78 is 28.0. The third kappa shape index (κ3) is 2.75. The Bertz CT molecular complexity index is 1080. The molecule has 4 nitrogen and oxygen atoms in total. The zero-order chi connectivity index (χ0) is 18.5. The SMILES string of the molecule is Cc1ccc(S(=O)(=O)N(C)C2CCc3[nH]c4ccccc4c3C2)c(C)c1. The maximum absolute atomic E-state index is 13.2. The summed E-state index contributed by atoms with van der Waals surface area (Å²) in [5.74, 6) is 0. The second kappa shape index (κ2) is 6.25. The first kappa shape index (κ1) is 17.3. The monoisotopic (exact) mass is 368 g/mol. The summed E-state index contributed by atoms with van der Waals surface area (Å²) in [6, 6.07) is 13.8. The van der Waals surface area contributed by atoms with Crippen LogP contribution in [0.1, 0.15) is 28.8 Å². The largest absolute Gasteiger partial charge is 0.358 e. The smallest absolute Gasteiger partial charge is 0.243 e. The molecule has 0 amide bonds. The van der Waals surface area contributed by atoms with Crippen LogP contribution in [0.5, 0.6) is 0 Å². The Hall–Kier alpha value is -2.11. The number of nitrogens with zero attached hydrogens (tertiary/aromatic N) is 1. The molecule has 1 aliphatic carbocycles. The van der Waals surface area contributed by atoms with Crippen LogP contribution in [0.4, 0.5) is 0 Å². The van der Waals surface area contributed by atoms with Gasteiger partial charge in [-0.05, 0) is 56.4 Å². The Morgan fingerprint density at radius 3 is 2.65 bits per heavy atom. The second-order valence-electron chi connectivity index (χ2n) is 7.31. The fourth-order valence-electron chi connectivity index (χ4n) is 4.10. The fraction of sp³-hybridized carbons (Fsp3) is 0.333. The average molecular weight is 369 g/mol. The van der Waals surface area contributed by atoms with Gasteiger partial charge < -0.3 is 4.98 Å². The Labute approximate surface area is 154 Å². The lowest BCUT2D eigenvalue weighted by atomic mass is 9.91. The van der Waals surface area contributed by atoms with E-state index >= 15 is 0 Å². The van der Waals surface area contributed by atoms with Gasteiger partial charge >= 0.3 is 0 Å². The van der Waals surface area contributed by atoms with E-state index in [0.717, 1.165) is 35.9 Å². The summed E-state index contributed by atoms with van der Waals surface area (Å²) in [5.41, 5.74) is 5.53. The van der Waals surface area contributed by atoms with Gasteiger partial charge in [0.05, 0.1) is 4.90 Å². The van der Waals surface area contributed by atoms with E-state index in [1.165, 1.54) is 16.6 Å². The number of para-hydroxylation sites is 1. The first-order chi connectivity index (χ1) is 12.4. The lowest BCUT2D eigenvalue weighted by Gasteiger charge is -2.31. The van der Waals surface area contributed by atoms with Crippen molar-refractivity contribution in [2.24, 2.45) is 0 Å². The van der Waals surface area contributed by atoms with Gasteiger partial charge in [-0.3, -0.25) is 0 Å². The molecule has 1 unspecified atom stereocenters. The van der Waals surface area contributed by atoms with Gasteiger partial charge in [0.25, 0.3) is 0 Å². The van der Waals surface area contributed by atoms with Gasteiger partial charge in [-0.2, -0.15) is 4.31 Å². The van der Waals surface area contributed by atoms with Crippen molar-refractivity contribution in [3.63, 3.8) is 0 Å². The lowest BCUT2D eigenvalue weighted by Crippen LogP contribution is -2.40. The van der Waals surface area contributed by atoms with Crippen LogP contribution in [-0.2, 0) is 22.9 Å². The molecular weight excluding hydrogens is 344 g/mol. The van der Waals surface area contributed by atoms with E-state index in [1.54, 1.807) is 17.4 Å². The highest BCUT2D eigenvalue weighted by Gasteiger charge is 2.32. The van der Waals surface area contributed by atoms with Crippen molar-refractivity contribution in [2.75, 3.05) is 7.05 Å². The standard InChI is InChI=1S/C21H24N2O2S/c1-14-8-11-21(15(2)12-14)26(24,25)23(3)16-9-10-20-18(13-16)17-6-4-5-7-19(17)22-20/h4-8,11-12,16,22H,9-10,13H2,1-3H3. The van der Waals surface area contributed by atoms with Crippen molar-refractivity contribution in [2.45, 2.75) is 44.0 Å².